The van der Waals surface area contributed by atoms with Crippen molar-refractivity contribution in [3.05, 3.63) is 18.0 Å². The maximum absolute atomic E-state index is 6.19. The number of hydrogen-bond donors (Lipinski definition) is 0. The second-order valence-electron chi connectivity index (χ2n) is 4.82. The Kier molecular flexibility index (Phi) is 3.49. The molecule has 0 spiro atoms. The quantitative estimate of drug-likeness (QED) is 0.583. The van der Waals surface area contributed by atoms with Crippen molar-refractivity contribution in [2.75, 3.05) is 21.3 Å². The van der Waals surface area contributed by atoms with Crippen LogP contribution in [0.15, 0.2) is 12.1 Å². The fourth-order valence-corrected chi connectivity index (χ4v) is 2.67. The number of methoxy groups -OCH3 is 3. The van der Waals surface area contributed by atoms with Gasteiger partial charge in [-0.05, 0) is 12.1 Å². The van der Waals surface area contributed by atoms with Crippen LogP contribution in [0.5, 0.6) is 17.2 Å². The Labute approximate surface area is 124 Å². The molecule has 1 aromatic heterocycles. The lowest BCUT2D eigenvalue weighted by Gasteiger charge is -2.14. The van der Waals surface area contributed by atoms with Crippen LogP contribution in [-0.2, 0) is 13.0 Å². The summed E-state index contributed by atoms with van der Waals surface area (Å²) in [7, 11) is 10.9. The van der Waals surface area contributed by atoms with Crippen molar-refractivity contribution in [3.8, 4) is 22.9 Å². The average molecular weight is 286 g/mol. The van der Waals surface area contributed by atoms with E-state index in [9.17, 15) is 0 Å². The summed E-state index contributed by atoms with van der Waals surface area (Å²) in [6.45, 7) is 0.908. The molecule has 1 aliphatic rings. The second kappa shape index (κ2) is 5.31. The lowest BCUT2D eigenvalue weighted by molar-refractivity contribution is -0.673. The van der Waals surface area contributed by atoms with E-state index in [-0.39, 0.29) is 0 Å². The highest BCUT2D eigenvalue weighted by Gasteiger charge is 2.24. The molecule has 6 nitrogen and oxygen atoms in total. The van der Waals surface area contributed by atoms with E-state index < -0.39 is 0 Å². The molecule has 0 aliphatic carbocycles. The normalized spacial score (nSPS) is 13.1. The molecule has 7 heteroatoms. The molecular weight excluding hydrogens is 269 g/mol. The molecule has 1 aromatic carbocycles. The molecular formula is C14H17BN3O3. The van der Waals surface area contributed by atoms with E-state index in [2.05, 4.69) is 5.10 Å². The number of fused-ring (bicyclic) bond motifs is 1. The number of aryl methyl sites for hydroxylation is 1. The van der Waals surface area contributed by atoms with Crippen LogP contribution in [0.1, 0.15) is 12.2 Å². The van der Waals surface area contributed by atoms with E-state index in [4.69, 9.17) is 22.1 Å². The SMILES string of the molecule is [B-]c1n(-c2cc(OC)c(OC)c(OC)c2)nc2[n+]1CCC2. The van der Waals surface area contributed by atoms with Crippen molar-refractivity contribution < 1.29 is 18.8 Å². The fraction of sp³-hybridized carbons (Fsp3) is 0.429. The number of nitrogens with zero attached hydrogens (tertiary/aromatic N) is 3. The molecule has 21 heavy (non-hydrogen) atoms. The Bertz CT molecular complexity index is 659. The first kappa shape index (κ1) is 13.8. The summed E-state index contributed by atoms with van der Waals surface area (Å²) in [5, 5.41) is 4.57. The molecule has 2 heterocycles. The minimum Gasteiger partial charge on any atom is -0.493 e. The van der Waals surface area contributed by atoms with Gasteiger partial charge in [-0.3, -0.25) is 4.57 Å². The monoisotopic (exact) mass is 286 g/mol. The molecule has 0 atom stereocenters. The van der Waals surface area contributed by atoms with Gasteiger partial charge in [-0.1, -0.05) is 0 Å². The number of hydrogen-bond acceptors (Lipinski definition) is 4. The first-order valence-corrected chi connectivity index (χ1v) is 6.77. The van der Waals surface area contributed by atoms with Crippen molar-refractivity contribution >= 4 is 13.6 Å². The van der Waals surface area contributed by atoms with Gasteiger partial charge in [0.1, 0.15) is 5.69 Å². The van der Waals surface area contributed by atoms with Gasteiger partial charge in [-0.25, -0.2) is 0 Å². The molecule has 0 saturated heterocycles. The van der Waals surface area contributed by atoms with Crippen LogP contribution in [0.4, 0.5) is 0 Å². The van der Waals surface area contributed by atoms with Crippen molar-refractivity contribution in [2.24, 2.45) is 0 Å². The first-order chi connectivity index (χ1) is 10.2. The highest BCUT2D eigenvalue weighted by Crippen LogP contribution is 2.38. The molecule has 2 aromatic rings. The van der Waals surface area contributed by atoms with Gasteiger partial charge in [0.05, 0.1) is 27.9 Å². The Morgan fingerprint density at radius 2 is 1.81 bits per heavy atom. The summed E-state index contributed by atoms with van der Waals surface area (Å²) in [5.74, 6) is 2.70. The molecule has 0 fully saturated rings. The molecule has 3 radical (unpaired) electrons. The summed E-state index contributed by atoms with van der Waals surface area (Å²) in [6, 6.07) is 3.67. The lowest BCUT2D eigenvalue weighted by atomic mass is 10.1. The van der Waals surface area contributed by atoms with E-state index in [0.717, 1.165) is 30.9 Å². The molecule has 0 amide bonds. The van der Waals surface area contributed by atoms with Gasteiger partial charge in [0.2, 0.25) is 5.75 Å². The van der Waals surface area contributed by atoms with Crippen LogP contribution in [0.3, 0.4) is 0 Å². The van der Waals surface area contributed by atoms with Crippen molar-refractivity contribution in [2.45, 2.75) is 19.4 Å². The first-order valence-electron chi connectivity index (χ1n) is 6.77. The third kappa shape index (κ3) is 2.13. The molecule has 109 valence electrons. The molecule has 0 saturated carbocycles. The zero-order valence-corrected chi connectivity index (χ0v) is 12.4. The number of benzene rings is 1. The Hall–Kier alpha value is -2.18. The Morgan fingerprint density at radius 3 is 2.33 bits per heavy atom. The second-order valence-corrected chi connectivity index (χ2v) is 4.82. The lowest BCUT2D eigenvalue weighted by Crippen LogP contribution is -2.49. The third-order valence-electron chi connectivity index (χ3n) is 3.70. The topological polar surface area (TPSA) is 49.4 Å². The average Bonchev–Trinajstić information content (AvgIpc) is 3.09. The van der Waals surface area contributed by atoms with E-state index in [1.165, 1.54) is 0 Å². The largest absolute Gasteiger partial charge is 0.493 e. The minimum absolute atomic E-state index is 0.551. The van der Waals surface area contributed by atoms with Crippen LogP contribution in [0.2, 0.25) is 0 Å². The van der Waals surface area contributed by atoms with Gasteiger partial charge in [-0.15, -0.1) is 4.68 Å². The predicted octanol–water partition coefficient (Wildman–Crippen LogP) is -0.0744. The highest BCUT2D eigenvalue weighted by atomic mass is 16.5. The maximum Gasteiger partial charge on any atom is 0.274 e. The number of aromatic nitrogens is 3. The van der Waals surface area contributed by atoms with Crippen molar-refractivity contribution in [1.82, 2.24) is 9.78 Å². The van der Waals surface area contributed by atoms with Crippen LogP contribution in [-0.4, -0.2) is 39.0 Å². The molecule has 0 N–H and O–H groups in total. The van der Waals surface area contributed by atoms with Crippen molar-refractivity contribution in [3.63, 3.8) is 0 Å². The highest BCUT2D eigenvalue weighted by molar-refractivity contribution is 6.28. The van der Waals surface area contributed by atoms with Crippen LogP contribution in [0.25, 0.3) is 5.69 Å². The van der Waals surface area contributed by atoms with Gasteiger partial charge in [-0.2, -0.15) is 0 Å². The van der Waals surface area contributed by atoms with Crippen LogP contribution in [0, 0.1) is 0 Å². The van der Waals surface area contributed by atoms with E-state index in [1.807, 2.05) is 16.7 Å². The standard InChI is InChI=1S/C14H17BN3O3/c1-19-10-7-9(8-11(20-2)13(10)21-3)18-14(15)17-6-4-5-12(17)16-18/h7-8H,4-6H2,1-3H3. The summed E-state index contributed by atoms with van der Waals surface area (Å²) in [6.07, 6.45) is 2.03. The van der Waals surface area contributed by atoms with E-state index in [0.29, 0.717) is 23.0 Å². The number of rotatable bonds is 4. The van der Waals surface area contributed by atoms with Crippen LogP contribution < -0.4 is 24.5 Å². The Morgan fingerprint density at radius 1 is 1.14 bits per heavy atom. The molecule has 0 unspecified atom stereocenters. The molecule has 3 rings (SSSR count). The maximum atomic E-state index is 6.19. The molecule has 0 bridgehead atoms. The smallest absolute Gasteiger partial charge is 0.274 e. The predicted molar refractivity (Wildman–Crippen MR) is 77.1 cm³/mol. The van der Waals surface area contributed by atoms with Gasteiger partial charge < -0.3 is 22.1 Å². The zero-order valence-electron chi connectivity index (χ0n) is 12.4. The summed E-state index contributed by atoms with van der Waals surface area (Å²) >= 11 is 0. The minimum atomic E-state index is 0.551. The van der Waals surface area contributed by atoms with E-state index in [1.54, 1.807) is 26.0 Å². The fourth-order valence-electron chi connectivity index (χ4n) is 2.67. The van der Waals surface area contributed by atoms with Crippen molar-refractivity contribution in [1.29, 1.82) is 0 Å². The summed E-state index contributed by atoms with van der Waals surface area (Å²) < 4.78 is 19.8. The zero-order chi connectivity index (χ0) is 15.0. The number of ether oxygens (including phenoxy) is 3. The Balaban J connectivity index is 2.15. The van der Waals surface area contributed by atoms with Gasteiger partial charge in [0.15, 0.2) is 11.5 Å². The summed E-state index contributed by atoms with van der Waals surface area (Å²) in [5.41, 5.74) is 1.39. The summed E-state index contributed by atoms with van der Waals surface area (Å²) in [4.78, 5) is 0. The van der Waals surface area contributed by atoms with E-state index >= 15 is 0 Å². The van der Waals surface area contributed by atoms with Gasteiger partial charge in [0.25, 0.3) is 5.82 Å². The van der Waals surface area contributed by atoms with Gasteiger partial charge >= 0.3 is 0 Å². The molecule has 1 aliphatic heterocycles. The third-order valence-corrected chi connectivity index (χ3v) is 3.70. The van der Waals surface area contributed by atoms with Gasteiger partial charge in [0, 0.05) is 23.7 Å². The van der Waals surface area contributed by atoms with Crippen LogP contribution >= 0.6 is 0 Å².